The number of hydrogen-bond donors (Lipinski definition) is 2. The van der Waals surface area contributed by atoms with Crippen LogP contribution in [0.25, 0.3) is 11.3 Å². The van der Waals surface area contributed by atoms with Crippen LogP contribution in [-0.2, 0) is 6.54 Å². The number of alkyl halides is 3. The molecule has 0 bridgehead atoms. The molecule has 200 valence electrons. The summed E-state index contributed by atoms with van der Waals surface area (Å²) in [6.45, 7) is 0.0955. The number of nitrogens with zero attached hydrogens (tertiary/aromatic N) is 3. The van der Waals surface area contributed by atoms with Crippen LogP contribution in [0.2, 0.25) is 0 Å². The molecule has 1 aliphatic carbocycles. The van der Waals surface area contributed by atoms with E-state index in [-0.39, 0.29) is 34.9 Å². The molecule has 4 rings (SSSR count). The molecule has 2 aromatic carbocycles. The highest BCUT2D eigenvalue weighted by atomic mass is 19.4. The molecule has 0 radical (unpaired) electrons. The van der Waals surface area contributed by atoms with E-state index in [2.05, 4.69) is 10.4 Å². The molecule has 0 spiro atoms. The molecule has 1 fully saturated rings. The van der Waals surface area contributed by atoms with Gasteiger partial charge in [-0.15, -0.1) is 0 Å². The lowest BCUT2D eigenvalue weighted by Gasteiger charge is -2.32. The minimum atomic E-state index is -4.57. The minimum absolute atomic E-state index is 0.0426. The lowest BCUT2D eigenvalue weighted by atomic mass is 9.83. The number of amides is 1. The van der Waals surface area contributed by atoms with Gasteiger partial charge in [0.15, 0.2) is 6.04 Å². The maximum absolute atomic E-state index is 14.2. The number of nitrogens with two attached hydrogens (primary N) is 1. The van der Waals surface area contributed by atoms with Crippen LogP contribution in [-0.4, -0.2) is 29.0 Å². The van der Waals surface area contributed by atoms with Crippen molar-refractivity contribution in [2.75, 3.05) is 12.8 Å². The van der Waals surface area contributed by atoms with Crippen molar-refractivity contribution in [3.63, 3.8) is 0 Å². The number of carbonyl (C=O) groups is 1. The summed E-state index contributed by atoms with van der Waals surface area (Å²) in [7, 11) is 1.37. The second kappa shape index (κ2) is 11.1. The van der Waals surface area contributed by atoms with Gasteiger partial charge in [0.1, 0.15) is 34.7 Å². The summed E-state index contributed by atoms with van der Waals surface area (Å²) < 4.78 is 61.9. The van der Waals surface area contributed by atoms with E-state index in [1.807, 2.05) is 6.07 Å². The Hall–Kier alpha value is -4.07. The molecule has 1 aliphatic rings. The monoisotopic (exact) mass is 529 g/mol. The van der Waals surface area contributed by atoms with Crippen molar-refractivity contribution in [1.82, 2.24) is 15.1 Å². The van der Waals surface area contributed by atoms with Crippen molar-refractivity contribution in [3.8, 4) is 23.1 Å². The zero-order valence-corrected chi connectivity index (χ0v) is 20.7. The first-order valence-electron chi connectivity index (χ1n) is 12.2. The van der Waals surface area contributed by atoms with E-state index in [4.69, 9.17) is 10.5 Å². The Balaban J connectivity index is 1.56. The highest BCUT2D eigenvalue weighted by Gasteiger charge is 2.48. The molecule has 1 heterocycles. The fourth-order valence-corrected chi connectivity index (χ4v) is 4.94. The summed E-state index contributed by atoms with van der Waals surface area (Å²) in [5, 5.41) is 16.6. The number of methoxy groups -OCH3 is 1. The summed E-state index contributed by atoms with van der Waals surface area (Å²) in [6.07, 6.45) is -1.42. The lowest BCUT2D eigenvalue weighted by Crippen LogP contribution is -2.35. The van der Waals surface area contributed by atoms with Crippen molar-refractivity contribution in [3.05, 3.63) is 65.0 Å². The number of aromatic nitrogens is 2. The number of benzene rings is 2. The SMILES string of the molecule is COc1ccc(F)cc1C(=O)NCc1ccc(-c2nn(C(C3CCCCC3)C(F)(F)F)c(N)c2C#N)cc1. The normalized spacial score (nSPS) is 15.1. The predicted molar refractivity (Wildman–Crippen MR) is 133 cm³/mol. The molecule has 1 unspecified atom stereocenters. The quantitative estimate of drug-likeness (QED) is 0.378. The maximum atomic E-state index is 14.2. The van der Waals surface area contributed by atoms with Crippen LogP contribution in [0, 0.1) is 23.1 Å². The topological polar surface area (TPSA) is 106 Å². The third kappa shape index (κ3) is 5.59. The number of hydrogen-bond acceptors (Lipinski definition) is 5. The molecule has 1 amide bonds. The van der Waals surface area contributed by atoms with Crippen molar-refractivity contribution in [2.24, 2.45) is 5.92 Å². The van der Waals surface area contributed by atoms with E-state index in [1.54, 1.807) is 24.3 Å². The smallest absolute Gasteiger partial charge is 0.411 e. The number of anilines is 1. The van der Waals surface area contributed by atoms with E-state index in [1.165, 1.54) is 19.2 Å². The fourth-order valence-electron chi connectivity index (χ4n) is 4.94. The van der Waals surface area contributed by atoms with Gasteiger partial charge in [-0.1, -0.05) is 43.5 Å². The van der Waals surface area contributed by atoms with Crippen LogP contribution in [0.5, 0.6) is 5.75 Å². The number of carbonyl (C=O) groups excluding carboxylic acids is 1. The molecule has 1 saturated carbocycles. The molecular formula is C27H27F4N5O2. The van der Waals surface area contributed by atoms with Gasteiger partial charge in [0.25, 0.3) is 5.91 Å². The Morgan fingerprint density at radius 3 is 2.50 bits per heavy atom. The van der Waals surface area contributed by atoms with Crippen molar-refractivity contribution < 1.29 is 27.1 Å². The number of halogens is 4. The van der Waals surface area contributed by atoms with Crippen LogP contribution < -0.4 is 15.8 Å². The Bertz CT molecular complexity index is 1340. The van der Waals surface area contributed by atoms with Crippen LogP contribution in [0.15, 0.2) is 42.5 Å². The van der Waals surface area contributed by atoms with Crippen LogP contribution in [0.3, 0.4) is 0 Å². The summed E-state index contributed by atoms with van der Waals surface area (Å²) in [4.78, 5) is 12.5. The van der Waals surface area contributed by atoms with Gasteiger partial charge in [-0.25, -0.2) is 9.07 Å². The first-order valence-corrected chi connectivity index (χ1v) is 12.2. The maximum Gasteiger partial charge on any atom is 0.411 e. The molecule has 1 aromatic heterocycles. The van der Waals surface area contributed by atoms with E-state index in [0.29, 0.717) is 36.8 Å². The van der Waals surface area contributed by atoms with Gasteiger partial charge in [-0.2, -0.15) is 23.5 Å². The second-order valence-corrected chi connectivity index (χ2v) is 9.27. The zero-order chi connectivity index (χ0) is 27.4. The van der Waals surface area contributed by atoms with Gasteiger partial charge in [0.2, 0.25) is 0 Å². The largest absolute Gasteiger partial charge is 0.496 e. The Morgan fingerprint density at radius 2 is 1.89 bits per heavy atom. The first kappa shape index (κ1) is 27.0. The summed E-state index contributed by atoms with van der Waals surface area (Å²) >= 11 is 0. The van der Waals surface area contributed by atoms with E-state index in [0.717, 1.165) is 17.2 Å². The fraction of sp³-hybridized carbons (Fsp3) is 0.370. The van der Waals surface area contributed by atoms with Crippen LogP contribution in [0.4, 0.5) is 23.4 Å². The van der Waals surface area contributed by atoms with Gasteiger partial charge in [0, 0.05) is 12.1 Å². The lowest BCUT2D eigenvalue weighted by molar-refractivity contribution is -0.186. The summed E-state index contributed by atoms with van der Waals surface area (Å²) in [5.41, 5.74) is 7.12. The Kier molecular flexibility index (Phi) is 7.90. The number of nitrogen functional groups attached to an aromatic ring is 1. The van der Waals surface area contributed by atoms with Gasteiger partial charge in [-0.3, -0.25) is 4.79 Å². The molecule has 11 heteroatoms. The summed E-state index contributed by atoms with van der Waals surface area (Å²) in [5.74, 6) is -1.86. The Labute approximate surface area is 217 Å². The predicted octanol–water partition coefficient (Wildman–Crippen LogP) is 5.77. The molecule has 7 nitrogen and oxygen atoms in total. The van der Waals surface area contributed by atoms with E-state index in [9.17, 15) is 27.6 Å². The van der Waals surface area contributed by atoms with E-state index < -0.39 is 29.9 Å². The van der Waals surface area contributed by atoms with Crippen LogP contribution in [0.1, 0.15) is 59.6 Å². The standard InChI is InChI=1S/C27H27F4N5O2/c1-38-22-12-11-19(28)13-20(22)26(37)34-15-16-7-9-17(10-8-16)23-21(14-32)25(33)36(35-23)24(27(29,30)31)18-5-3-2-4-6-18/h7-13,18,24H,2-6,15,33H2,1H3,(H,34,37). The Morgan fingerprint density at radius 1 is 1.21 bits per heavy atom. The number of ether oxygens (including phenoxy) is 1. The third-order valence-corrected chi connectivity index (χ3v) is 6.84. The van der Waals surface area contributed by atoms with Crippen LogP contribution >= 0.6 is 0 Å². The molecule has 38 heavy (non-hydrogen) atoms. The minimum Gasteiger partial charge on any atom is -0.496 e. The van der Waals surface area contributed by atoms with Gasteiger partial charge >= 0.3 is 6.18 Å². The average molecular weight is 530 g/mol. The number of nitriles is 1. The van der Waals surface area contributed by atoms with Gasteiger partial charge in [-0.05, 0) is 42.5 Å². The molecule has 3 N–H and O–H groups in total. The number of rotatable bonds is 7. The van der Waals surface area contributed by atoms with Gasteiger partial charge in [0.05, 0.1) is 12.7 Å². The molecule has 1 atom stereocenters. The second-order valence-electron chi connectivity index (χ2n) is 9.27. The van der Waals surface area contributed by atoms with E-state index >= 15 is 0 Å². The highest BCUT2D eigenvalue weighted by molar-refractivity contribution is 5.96. The van der Waals surface area contributed by atoms with Crippen molar-refractivity contribution in [1.29, 1.82) is 5.26 Å². The first-order chi connectivity index (χ1) is 18.1. The third-order valence-electron chi connectivity index (χ3n) is 6.84. The molecule has 0 saturated heterocycles. The van der Waals surface area contributed by atoms with Crippen molar-refractivity contribution >= 4 is 11.7 Å². The average Bonchev–Trinajstić information content (AvgIpc) is 3.22. The molecular weight excluding hydrogens is 502 g/mol. The highest BCUT2D eigenvalue weighted by Crippen LogP contribution is 2.45. The van der Waals surface area contributed by atoms with Gasteiger partial charge < -0.3 is 15.8 Å². The molecule has 0 aliphatic heterocycles. The summed E-state index contributed by atoms with van der Waals surface area (Å²) in [6, 6.07) is 10.1. The number of nitrogens with one attached hydrogen (secondary N) is 1. The van der Waals surface area contributed by atoms with Crippen molar-refractivity contribution in [2.45, 2.75) is 50.9 Å². The molecule has 3 aromatic rings. The zero-order valence-electron chi connectivity index (χ0n) is 20.7.